The molecule has 1 saturated carbocycles. The summed E-state index contributed by atoms with van der Waals surface area (Å²) in [5.74, 6) is 0.895. The normalized spacial score (nSPS) is 22.3. The van der Waals surface area contributed by atoms with E-state index in [-0.39, 0.29) is 11.3 Å². The van der Waals surface area contributed by atoms with E-state index < -0.39 is 0 Å². The Bertz CT molecular complexity index is 1330. The summed E-state index contributed by atoms with van der Waals surface area (Å²) >= 11 is 0. The third-order valence-corrected chi connectivity index (χ3v) is 7.33. The van der Waals surface area contributed by atoms with Crippen molar-refractivity contribution in [3.05, 3.63) is 61.4 Å². The van der Waals surface area contributed by atoms with Crippen molar-refractivity contribution in [2.75, 3.05) is 6.54 Å². The van der Waals surface area contributed by atoms with Crippen LogP contribution in [0.1, 0.15) is 38.1 Å². The fourth-order valence-corrected chi connectivity index (χ4v) is 5.31. The summed E-state index contributed by atoms with van der Waals surface area (Å²) < 4.78 is 3.88. The lowest BCUT2D eigenvalue weighted by atomic mass is 9.72. The van der Waals surface area contributed by atoms with Crippen molar-refractivity contribution in [2.45, 2.75) is 38.1 Å². The smallest absolute Gasteiger partial charge is 0.220 e. The molecule has 1 N–H and O–H groups in total. The molecule has 0 bridgehead atoms. The number of carbonyl (C=O) groups is 1. The van der Waals surface area contributed by atoms with E-state index in [4.69, 9.17) is 0 Å². The fraction of sp³-hybridized carbons (Fsp3) is 0.346. The highest BCUT2D eigenvalue weighted by atomic mass is 16.1. The Balaban J connectivity index is 1.16. The predicted octanol–water partition coefficient (Wildman–Crippen LogP) is 4.03. The minimum Gasteiger partial charge on any atom is -0.356 e. The second-order valence-corrected chi connectivity index (χ2v) is 9.67. The summed E-state index contributed by atoms with van der Waals surface area (Å²) in [5, 5.41) is 11.9. The topological polar surface area (TPSA) is 90.5 Å². The lowest BCUT2D eigenvalue weighted by Crippen LogP contribution is -2.30. The minimum absolute atomic E-state index is 0.168. The Morgan fingerprint density at radius 1 is 0.912 bits per heavy atom. The van der Waals surface area contributed by atoms with Gasteiger partial charge in [-0.15, -0.1) is 0 Å². The molecular formula is C26H27N7O. The van der Waals surface area contributed by atoms with Gasteiger partial charge >= 0.3 is 0 Å². The molecule has 1 aromatic carbocycles. The molecule has 0 radical (unpaired) electrons. The molecule has 2 aliphatic rings. The number of amides is 1. The van der Waals surface area contributed by atoms with Crippen molar-refractivity contribution < 1.29 is 4.79 Å². The molecule has 2 fully saturated rings. The number of aromatic nitrogens is 6. The molecule has 0 unspecified atom stereocenters. The summed E-state index contributed by atoms with van der Waals surface area (Å²) in [5.41, 5.74) is 5.27. The molecule has 1 aliphatic carbocycles. The van der Waals surface area contributed by atoms with Crippen molar-refractivity contribution in [1.82, 2.24) is 34.8 Å². The molecule has 4 heterocycles. The maximum absolute atomic E-state index is 11.7. The van der Waals surface area contributed by atoms with Gasteiger partial charge in [-0.1, -0.05) is 18.2 Å². The molecule has 6 rings (SSSR count). The molecule has 1 aliphatic heterocycles. The fourth-order valence-electron chi connectivity index (χ4n) is 5.31. The van der Waals surface area contributed by atoms with Crippen LogP contribution in [0.3, 0.4) is 0 Å². The Labute approximate surface area is 198 Å². The number of hydrogen-bond donors (Lipinski definition) is 1. The zero-order valence-electron chi connectivity index (χ0n) is 19.2. The van der Waals surface area contributed by atoms with Gasteiger partial charge < -0.3 is 5.32 Å². The van der Waals surface area contributed by atoms with Gasteiger partial charge in [0, 0.05) is 67.1 Å². The van der Waals surface area contributed by atoms with Crippen LogP contribution in [-0.4, -0.2) is 42.0 Å². The van der Waals surface area contributed by atoms with Crippen molar-refractivity contribution in [3.63, 3.8) is 0 Å². The number of nitrogens with one attached hydrogen (secondary N) is 1. The van der Waals surface area contributed by atoms with Crippen molar-refractivity contribution >= 4 is 5.91 Å². The van der Waals surface area contributed by atoms with Crippen LogP contribution in [0.5, 0.6) is 0 Å². The van der Waals surface area contributed by atoms with Crippen LogP contribution >= 0.6 is 0 Å². The standard InChI is InChI=1S/C26H27N7O/c1-32-15-21(13-30-32)18-3-2-4-19(9-18)25-27-11-20(12-28-25)22-14-31-33(16-22)23-5-7-26(8-6-23)10-24(34)29-17-26/h2-4,9,11-16,23H,5-8,10,17H2,1H3,(H,29,34). The summed E-state index contributed by atoms with van der Waals surface area (Å²) in [6, 6.07) is 8.58. The van der Waals surface area contributed by atoms with Crippen LogP contribution in [0.25, 0.3) is 33.6 Å². The second kappa shape index (κ2) is 8.20. The van der Waals surface area contributed by atoms with Gasteiger partial charge in [-0.3, -0.25) is 14.2 Å². The summed E-state index contributed by atoms with van der Waals surface area (Å²) in [4.78, 5) is 21.0. The van der Waals surface area contributed by atoms with Gasteiger partial charge in [0.15, 0.2) is 5.82 Å². The number of carbonyl (C=O) groups excluding carboxylic acids is 1. The third-order valence-electron chi connectivity index (χ3n) is 7.33. The Kier molecular flexibility index (Phi) is 5.01. The van der Waals surface area contributed by atoms with Gasteiger partial charge in [-0.25, -0.2) is 9.97 Å². The third kappa shape index (κ3) is 3.89. The highest BCUT2D eigenvalue weighted by molar-refractivity contribution is 5.79. The first-order valence-electron chi connectivity index (χ1n) is 11.8. The number of nitrogens with zero attached hydrogens (tertiary/aromatic N) is 6. The zero-order valence-corrected chi connectivity index (χ0v) is 19.2. The first-order valence-corrected chi connectivity index (χ1v) is 11.8. The van der Waals surface area contributed by atoms with Gasteiger partial charge in [0.25, 0.3) is 0 Å². The second-order valence-electron chi connectivity index (χ2n) is 9.67. The van der Waals surface area contributed by atoms with Gasteiger partial charge in [0.1, 0.15) is 0 Å². The lowest BCUT2D eigenvalue weighted by Gasteiger charge is -2.35. The van der Waals surface area contributed by atoms with E-state index in [9.17, 15) is 4.79 Å². The quantitative estimate of drug-likeness (QED) is 0.504. The number of rotatable bonds is 4. The van der Waals surface area contributed by atoms with Crippen LogP contribution in [0.4, 0.5) is 0 Å². The maximum atomic E-state index is 11.7. The zero-order chi connectivity index (χ0) is 23.1. The van der Waals surface area contributed by atoms with E-state index in [1.807, 2.05) is 50.2 Å². The van der Waals surface area contributed by atoms with E-state index >= 15 is 0 Å². The Morgan fingerprint density at radius 2 is 1.65 bits per heavy atom. The molecule has 34 heavy (non-hydrogen) atoms. The molecule has 172 valence electrons. The van der Waals surface area contributed by atoms with Crippen LogP contribution < -0.4 is 5.32 Å². The first-order chi connectivity index (χ1) is 16.6. The minimum atomic E-state index is 0.168. The molecule has 1 saturated heterocycles. The van der Waals surface area contributed by atoms with Crippen LogP contribution in [0, 0.1) is 5.41 Å². The van der Waals surface area contributed by atoms with Crippen molar-refractivity contribution in [1.29, 1.82) is 0 Å². The molecule has 4 aromatic rings. The molecule has 0 atom stereocenters. The highest BCUT2D eigenvalue weighted by Crippen LogP contribution is 2.45. The number of aryl methyl sites for hydroxylation is 1. The van der Waals surface area contributed by atoms with Gasteiger partial charge in [-0.2, -0.15) is 10.2 Å². The van der Waals surface area contributed by atoms with E-state index in [0.29, 0.717) is 18.3 Å². The molecule has 8 nitrogen and oxygen atoms in total. The van der Waals surface area contributed by atoms with Crippen LogP contribution in [-0.2, 0) is 11.8 Å². The highest BCUT2D eigenvalue weighted by Gasteiger charge is 2.41. The predicted molar refractivity (Wildman–Crippen MR) is 128 cm³/mol. The molecule has 1 spiro atoms. The molecular weight excluding hydrogens is 426 g/mol. The van der Waals surface area contributed by atoms with E-state index in [1.54, 1.807) is 4.68 Å². The van der Waals surface area contributed by atoms with E-state index in [1.165, 1.54) is 0 Å². The molecule has 3 aromatic heterocycles. The molecule has 1 amide bonds. The van der Waals surface area contributed by atoms with E-state index in [0.717, 1.165) is 60.0 Å². The Morgan fingerprint density at radius 3 is 2.35 bits per heavy atom. The SMILES string of the molecule is Cn1cc(-c2cccc(-c3ncc(-c4cnn(C5CCC6(CC5)CNC(=O)C6)c4)cn3)c2)cn1. The summed E-state index contributed by atoms with van der Waals surface area (Å²) in [6.45, 7) is 0.831. The number of hydrogen-bond acceptors (Lipinski definition) is 5. The van der Waals surface area contributed by atoms with Crippen LogP contribution in [0.15, 0.2) is 61.4 Å². The van der Waals surface area contributed by atoms with Gasteiger partial charge in [0.05, 0.1) is 18.4 Å². The molecule has 8 heteroatoms. The summed E-state index contributed by atoms with van der Waals surface area (Å²) in [6.07, 6.45) is 16.5. The summed E-state index contributed by atoms with van der Waals surface area (Å²) in [7, 11) is 1.91. The van der Waals surface area contributed by atoms with Crippen molar-refractivity contribution in [2.24, 2.45) is 12.5 Å². The maximum Gasteiger partial charge on any atom is 0.220 e. The largest absolute Gasteiger partial charge is 0.356 e. The first kappa shape index (κ1) is 20.8. The van der Waals surface area contributed by atoms with Gasteiger partial charge in [-0.05, 0) is 42.7 Å². The van der Waals surface area contributed by atoms with E-state index in [2.05, 4.69) is 48.5 Å². The Hall–Kier alpha value is -3.81. The monoisotopic (exact) mass is 453 g/mol. The lowest BCUT2D eigenvalue weighted by molar-refractivity contribution is -0.119. The van der Waals surface area contributed by atoms with Crippen molar-refractivity contribution in [3.8, 4) is 33.6 Å². The van der Waals surface area contributed by atoms with Gasteiger partial charge in [0.2, 0.25) is 5.91 Å². The average molecular weight is 454 g/mol. The number of benzene rings is 1. The van der Waals surface area contributed by atoms with Crippen LogP contribution in [0.2, 0.25) is 0 Å². The average Bonchev–Trinajstić information content (AvgIpc) is 3.61.